The Morgan fingerprint density at radius 1 is 1.28 bits per heavy atom. The quantitative estimate of drug-likeness (QED) is 0.831. The van der Waals surface area contributed by atoms with Crippen LogP contribution < -0.4 is 0 Å². The molecule has 108 valence electrons. The summed E-state index contributed by atoms with van der Waals surface area (Å²) in [5.41, 5.74) is -0.619. The van der Waals surface area contributed by atoms with E-state index in [1.54, 1.807) is 20.8 Å². The number of amides is 1. The van der Waals surface area contributed by atoms with Gasteiger partial charge in [-0.1, -0.05) is 13.8 Å². The van der Waals surface area contributed by atoms with Crippen LogP contribution in [-0.4, -0.2) is 46.2 Å². The number of carbonyl (C=O) groups is 2. The second kappa shape index (κ2) is 7.20. The minimum absolute atomic E-state index is 0. The smallest absolute Gasteiger partial charge is 0.410 e. The molecule has 1 amide bonds. The van der Waals surface area contributed by atoms with Crippen LogP contribution >= 0.6 is 0 Å². The summed E-state index contributed by atoms with van der Waals surface area (Å²) in [7, 11) is 1.45. The Kier molecular flexibility index (Phi) is 7.62. The highest BCUT2D eigenvalue weighted by Gasteiger charge is 2.30. The summed E-state index contributed by atoms with van der Waals surface area (Å²) in [5, 5.41) is 9.09. The Balaban J connectivity index is 0. The molecule has 0 aromatic rings. The molecule has 18 heavy (non-hydrogen) atoms. The van der Waals surface area contributed by atoms with Gasteiger partial charge in [-0.3, -0.25) is 4.90 Å². The number of nitrogens with zero attached hydrogens (tertiary/aromatic N) is 1. The van der Waals surface area contributed by atoms with E-state index in [9.17, 15) is 9.59 Å². The van der Waals surface area contributed by atoms with Gasteiger partial charge in [-0.15, -0.1) is 0 Å². The Morgan fingerprint density at radius 3 is 2.00 bits per heavy atom. The van der Waals surface area contributed by atoms with Crippen LogP contribution in [0.1, 0.15) is 41.0 Å². The van der Waals surface area contributed by atoms with E-state index in [0.717, 1.165) is 4.90 Å². The highest BCUT2D eigenvalue weighted by atomic mass is 16.6. The van der Waals surface area contributed by atoms with Crippen LogP contribution in [0.4, 0.5) is 4.79 Å². The Hall–Kier alpha value is -1.30. The van der Waals surface area contributed by atoms with Crippen molar-refractivity contribution in [3.63, 3.8) is 0 Å². The van der Waals surface area contributed by atoms with Crippen molar-refractivity contribution in [3.8, 4) is 0 Å². The molecule has 0 rings (SSSR count). The highest BCUT2D eigenvalue weighted by molar-refractivity contribution is 5.79. The average molecular weight is 263 g/mol. The number of likely N-dealkylation sites (N-methyl/N-ethyl adjacent to an activating group) is 1. The molecule has 0 spiro atoms. The number of ether oxygens (including phenoxy) is 1. The largest absolute Gasteiger partial charge is 0.480 e. The van der Waals surface area contributed by atoms with E-state index in [1.165, 1.54) is 7.05 Å². The molecule has 0 fully saturated rings. The van der Waals surface area contributed by atoms with E-state index in [1.807, 2.05) is 13.8 Å². The van der Waals surface area contributed by atoms with Gasteiger partial charge in [0, 0.05) is 7.05 Å². The Labute approximate surface area is 108 Å². The van der Waals surface area contributed by atoms with Gasteiger partial charge in [0.15, 0.2) is 0 Å². The van der Waals surface area contributed by atoms with Crippen LogP contribution in [0, 0.1) is 5.92 Å². The zero-order chi connectivity index (χ0) is 13.8. The predicted octanol–water partition coefficient (Wildman–Crippen LogP) is 1.53. The first-order valence-corrected chi connectivity index (χ1v) is 5.73. The SMILES string of the molecule is CC(C)C[C@H](C(=O)O)N(C)C(=O)OC(C)(C)C.O. The molecule has 3 N–H and O–H groups in total. The molecule has 0 aliphatic carbocycles. The minimum Gasteiger partial charge on any atom is -0.480 e. The van der Waals surface area contributed by atoms with Crippen LogP contribution in [-0.2, 0) is 9.53 Å². The average Bonchev–Trinajstić information content (AvgIpc) is 2.09. The molecule has 0 aromatic heterocycles. The third-order valence-electron chi connectivity index (χ3n) is 2.13. The molecule has 0 saturated heterocycles. The summed E-state index contributed by atoms with van der Waals surface area (Å²) in [6, 6.07) is -0.843. The standard InChI is InChI=1S/C12H23NO4.H2O/c1-8(2)7-9(10(14)15)13(6)11(16)17-12(3,4)5;/h8-9H,7H2,1-6H3,(H,14,15);1H2/t9-;/m1./s1. The topological polar surface area (TPSA) is 98.3 Å². The molecule has 6 heteroatoms. The van der Waals surface area contributed by atoms with Gasteiger partial charge < -0.3 is 15.3 Å². The molecule has 0 bridgehead atoms. The number of carbonyl (C=O) groups excluding carboxylic acids is 1. The van der Waals surface area contributed by atoms with Gasteiger partial charge in [0.2, 0.25) is 0 Å². The van der Waals surface area contributed by atoms with Crippen molar-refractivity contribution >= 4 is 12.1 Å². The molecule has 6 nitrogen and oxygen atoms in total. The lowest BCUT2D eigenvalue weighted by molar-refractivity contribution is -0.143. The first-order valence-electron chi connectivity index (χ1n) is 5.73. The van der Waals surface area contributed by atoms with Crippen molar-refractivity contribution in [2.24, 2.45) is 5.92 Å². The molecular weight excluding hydrogens is 238 g/mol. The maximum atomic E-state index is 11.7. The van der Waals surface area contributed by atoms with E-state index in [-0.39, 0.29) is 11.4 Å². The normalized spacial score (nSPS) is 12.6. The van der Waals surface area contributed by atoms with Crippen molar-refractivity contribution in [1.29, 1.82) is 0 Å². The third kappa shape index (κ3) is 7.11. The fourth-order valence-electron chi connectivity index (χ4n) is 1.33. The summed E-state index contributed by atoms with van der Waals surface area (Å²) in [4.78, 5) is 24.0. The van der Waals surface area contributed by atoms with E-state index in [0.29, 0.717) is 6.42 Å². The van der Waals surface area contributed by atoms with Gasteiger partial charge >= 0.3 is 12.1 Å². The monoisotopic (exact) mass is 263 g/mol. The van der Waals surface area contributed by atoms with Crippen molar-refractivity contribution in [3.05, 3.63) is 0 Å². The van der Waals surface area contributed by atoms with E-state index < -0.39 is 23.7 Å². The molecule has 0 radical (unpaired) electrons. The Bertz CT molecular complexity index is 283. The highest BCUT2D eigenvalue weighted by Crippen LogP contribution is 2.15. The van der Waals surface area contributed by atoms with Crippen LogP contribution in [0.5, 0.6) is 0 Å². The van der Waals surface area contributed by atoms with Crippen LogP contribution in [0.3, 0.4) is 0 Å². The molecule has 0 unspecified atom stereocenters. The fourth-order valence-corrected chi connectivity index (χ4v) is 1.33. The summed E-state index contributed by atoms with van der Waals surface area (Å²) >= 11 is 0. The lowest BCUT2D eigenvalue weighted by Crippen LogP contribution is -2.45. The number of aliphatic carboxylic acids is 1. The fraction of sp³-hybridized carbons (Fsp3) is 0.833. The lowest BCUT2D eigenvalue weighted by atomic mass is 10.0. The van der Waals surface area contributed by atoms with Crippen LogP contribution in [0.15, 0.2) is 0 Å². The van der Waals surface area contributed by atoms with Crippen molar-refractivity contribution < 1.29 is 24.9 Å². The lowest BCUT2D eigenvalue weighted by Gasteiger charge is -2.29. The van der Waals surface area contributed by atoms with Gasteiger partial charge in [0.25, 0.3) is 0 Å². The molecule has 0 aromatic carbocycles. The van der Waals surface area contributed by atoms with Crippen molar-refractivity contribution in [2.75, 3.05) is 7.05 Å². The summed E-state index contributed by atoms with van der Waals surface area (Å²) < 4.78 is 5.14. The second-order valence-electron chi connectivity index (χ2n) is 5.57. The van der Waals surface area contributed by atoms with Gasteiger partial charge in [-0.25, -0.2) is 9.59 Å². The molecule has 0 aliphatic heterocycles. The molecule has 0 heterocycles. The molecule has 1 atom stereocenters. The van der Waals surface area contributed by atoms with E-state index in [2.05, 4.69) is 0 Å². The van der Waals surface area contributed by atoms with Crippen LogP contribution in [0.25, 0.3) is 0 Å². The minimum atomic E-state index is -1.01. The van der Waals surface area contributed by atoms with Gasteiger partial charge in [0.05, 0.1) is 0 Å². The first kappa shape index (κ1) is 19.0. The maximum absolute atomic E-state index is 11.7. The number of hydrogen-bond donors (Lipinski definition) is 1. The number of carboxylic acids is 1. The molecule has 0 aliphatic rings. The van der Waals surface area contributed by atoms with Crippen molar-refractivity contribution in [1.82, 2.24) is 4.90 Å². The van der Waals surface area contributed by atoms with Crippen LogP contribution in [0.2, 0.25) is 0 Å². The maximum Gasteiger partial charge on any atom is 0.410 e. The molecule has 0 saturated carbocycles. The van der Waals surface area contributed by atoms with E-state index >= 15 is 0 Å². The number of hydrogen-bond acceptors (Lipinski definition) is 3. The zero-order valence-electron chi connectivity index (χ0n) is 12.0. The summed E-state index contributed by atoms with van der Waals surface area (Å²) in [6.45, 7) is 9.07. The van der Waals surface area contributed by atoms with Gasteiger partial charge in [-0.2, -0.15) is 0 Å². The van der Waals surface area contributed by atoms with Gasteiger partial charge in [0.1, 0.15) is 11.6 Å². The second-order valence-corrected chi connectivity index (χ2v) is 5.57. The first-order chi connectivity index (χ1) is 7.54. The number of carboxylic acid groups (broad SMARTS) is 1. The molecular formula is C12H25NO5. The zero-order valence-corrected chi connectivity index (χ0v) is 12.0. The van der Waals surface area contributed by atoms with Crippen molar-refractivity contribution in [2.45, 2.75) is 52.7 Å². The Morgan fingerprint density at radius 2 is 1.72 bits per heavy atom. The van der Waals surface area contributed by atoms with E-state index in [4.69, 9.17) is 9.84 Å². The predicted molar refractivity (Wildman–Crippen MR) is 68.5 cm³/mol. The number of rotatable bonds is 4. The van der Waals surface area contributed by atoms with Gasteiger partial charge in [-0.05, 0) is 33.1 Å². The summed E-state index contributed by atoms with van der Waals surface area (Å²) in [6.07, 6.45) is -0.198. The summed E-state index contributed by atoms with van der Waals surface area (Å²) in [5.74, 6) is -0.812. The third-order valence-corrected chi connectivity index (χ3v) is 2.13.